The van der Waals surface area contributed by atoms with Crippen LogP contribution in [-0.4, -0.2) is 22.1 Å². The van der Waals surface area contributed by atoms with Crippen molar-refractivity contribution in [2.75, 3.05) is 0 Å². The summed E-state index contributed by atoms with van der Waals surface area (Å²) in [5, 5.41) is 8.74. The second-order valence-corrected chi connectivity index (χ2v) is 4.08. The predicted octanol–water partition coefficient (Wildman–Crippen LogP) is 2.67. The van der Waals surface area contributed by atoms with E-state index in [0.717, 1.165) is 5.56 Å². The van der Waals surface area contributed by atoms with Gasteiger partial charge in [-0.15, -0.1) is 24.8 Å². The smallest absolute Gasteiger partial charge is 0.320 e. The lowest BCUT2D eigenvalue weighted by atomic mass is 10.1. The molecule has 1 atom stereocenters. The van der Waals surface area contributed by atoms with Crippen molar-refractivity contribution >= 4 is 30.8 Å². The summed E-state index contributed by atoms with van der Waals surface area (Å²) in [7, 11) is 0. The van der Waals surface area contributed by atoms with Crippen LogP contribution in [0.1, 0.15) is 5.56 Å². The number of benzene rings is 1. The molecule has 0 aliphatic heterocycles. The van der Waals surface area contributed by atoms with Crippen molar-refractivity contribution in [3.63, 3.8) is 0 Å². The molecule has 0 radical (unpaired) electrons. The maximum absolute atomic E-state index is 10.7. The van der Waals surface area contributed by atoms with Gasteiger partial charge in [0.15, 0.2) is 0 Å². The number of hydrogen-bond donors (Lipinski definition) is 2. The number of carboxylic acids is 1. The molecule has 7 heteroatoms. The van der Waals surface area contributed by atoms with Crippen molar-refractivity contribution in [1.29, 1.82) is 0 Å². The van der Waals surface area contributed by atoms with E-state index >= 15 is 0 Å². The third kappa shape index (κ3) is 5.99. The molecule has 21 heavy (non-hydrogen) atoms. The number of nitrogens with zero attached hydrogens (tertiary/aromatic N) is 1. The molecule has 5 nitrogen and oxygen atoms in total. The number of hydrogen-bond acceptors (Lipinski definition) is 4. The summed E-state index contributed by atoms with van der Waals surface area (Å²) in [5.74, 6) is 0.314. The van der Waals surface area contributed by atoms with Crippen LogP contribution in [0.2, 0.25) is 0 Å². The molecule has 1 aromatic carbocycles. The monoisotopic (exact) mass is 330 g/mol. The first-order chi connectivity index (χ1) is 9.15. The minimum atomic E-state index is -1.00. The molecule has 0 spiro atoms. The third-order valence-corrected chi connectivity index (χ3v) is 2.57. The van der Waals surface area contributed by atoms with E-state index in [-0.39, 0.29) is 24.8 Å². The fraction of sp³-hybridized carbons (Fsp3) is 0.143. The van der Waals surface area contributed by atoms with Gasteiger partial charge in [0.05, 0.1) is 6.20 Å². The van der Waals surface area contributed by atoms with Crippen molar-refractivity contribution in [3.05, 3.63) is 54.4 Å². The van der Waals surface area contributed by atoms with Crippen molar-refractivity contribution in [2.24, 2.45) is 5.73 Å². The lowest BCUT2D eigenvalue weighted by Gasteiger charge is -2.08. The minimum absolute atomic E-state index is 0. The lowest BCUT2D eigenvalue weighted by molar-refractivity contribution is -0.138. The quantitative estimate of drug-likeness (QED) is 0.880. The van der Waals surface area contributed by atoms with Crippen LogP contribution >= 0.6 is 24.8 Å². The van der Waals surface area contributed by atoms with Gasteiger partial charge in [-0.1, -0.05) is 12.1 Å². The zero-order valence-electron chi connectivity index (χ0n) is 11.0. The Balaban J connectivity index is 0.00000200. The molecule has 2 rings (SSSR count). The molecule has 1 aromatic heterocycles. The summed E-state index contributed by atoms with van der Waals surface area (Å²) in [4.78, 5) is 14.6. The van der Waals surface area contributed by atoms with E-state index in [2.05, 4.69) is 4.98 Å². The Hall–Kier alpha value is -1.82. The summed E-state index contributed by atoms with van der Waals surface area (Å²) < 4.78 is 5.58. The molecular weight excluding hydrogens is 315 g/mol. The van der Waals surface area contributed by atoms with Crippen LogP contribution in [0.5, 0.6) is 11.5 Å². The highest BCUT2D eigenvalue weighted by Gasteiger charge is 2.11. The molecule has 0 amide bonds. The van der Waals surface area contributed by atoms with Gasteiger partial charge in [-0.2, -0.15) is 0 Å². The normalized spacial score (nSPS) is 10.7. The van der Waals surface area contributed by atoms with Gasteiger partial charge in [0, 0.05) is 6.20 Å². The molecule has 0 aliphatic carbocycles. The Morgan fingerprint density at radius 1 is 1.19 bits per heavy atom. The number of pyridine rings is 1. The maximum Gasteiger partial charge on any atom is 0.320 e. The predicted molar refractivity (Wildman–Crippen MR) is 84.6 cm³/mol. The van der Waals surface area contributed by atoms with Crippen molar-refractivity contribution < 1.29 is 14.6 Å². The van der Waals surface area contributed by atoms with Crippen LogP contribution in [0.4, 0.5) is 0 Å². The number of halogens is 2. The minimum Gasteiger partial charge on any atom is -0.480 e. The standard InChI is InChI=1S/C14H14N2O3.2ClH/c15-13(14(17)18)8-10-3-5-11(6-4-10)19-12-2-1-7-16-9-12;;/h1-7,9,13H,8,15H2,(H,17,18);2*1H. The van der Waals surface area contributed by atoms with Crippen LogP contribution in [0.15, 0.2) is 48.8 Å². The van der Waals surface area contributed by atoms with Crippen LogP contribution < -0.4 is 10.5 Å². The summed E-state index contributed by atoms with van der Waals surface area (Å²) in [5.41, 5.74) is 6.33. The molecular formula is C14H16Cl2N2O3. The van der Waals surface area contributed by atoms with E-state index < -0.39 is 12.0 Å². The Morgan fingerprint density at radius 3 is 2.38 bits per heavy atom. The molecule has 0 fully saturated rings. The average Bonchev–Trinajstić information content (AvgIpc) is 2.42. The molecule has 0 aliphatic rings. The fourth-order valence-electron chi connectivity index (χ4n) is 1.58. The molecule has 3 N–H and O–H groups in total. The third-order valence-electron chi connectivity index (χ3n) is 2.57. The highest BCUT2D eigenvalue weighted by molar-refractivity contribution is 5.85. The SMILES string of the molecule is Cl.Cl.NC(Cc1ccc(Oc2cccnc2)cc1)C(=O)O. The van der Waals surface area contributed by atoms with Crippen molar-refractivity contribution in [2.45, 2.75) is 12.5 Å². The molecule has 0 saturated carbocycles. The van der Waals surface area contributed by atoms with Crippen molar-refractivity contribution in [1.82, 2.24) is 4.98 Å². The van der Waals surface area contributed by atoms with Crippen LogP contribution in [-0.2, 0) is 11.2 Å². The summed E-state index contributed by atoms with van der Waals surface area (Å²) in [6.07, 6.45) is 3.58. The van der Waals surface area contributed by atoms with Gasteiger partial charge in [0.2, 0.25) is 0 Å². The number of carboxylic acid groups (broad SMARTS) is 1. The number of nitrogens with two attached hydrogens (primary N) is 1. The summed E-state index contributed by atoms with van der Waals surface area (Å²) in [6.45, 7) is 0. The maximum atomic E-state index is 10.7. The number of rotatable bonds is 5. The highest BCUT2D eigenvalue weighted by atomic mass is 35.5. The van der Waals surface area contributed by atoms with E-state index in [1.54, 1.807) is 48.8 Å². The van der Waals surface area contributed by atoms with Gasteiger partial charge in [-0.05, 0) is 36.2 Å². The molecule has 114 valence electrons. The van der Waals surface area contributed by atoms with E-state index in [4.69, 9.17) is 15.6 Å². The topological polar surface area (TPSA) is 85.4 Å². The number of carbonyl (C=O) groups is 1. The van der Waals surface area contributed by atoms with E-state index in [0.29, 0.717) is 17.9 Å². The average molecular weight is 331 g/mol. The Bertz CT molecular complexity index is 550. The summed E-state index contributed by atoms with van der Waals surface area (Å²) in [6, 6.07) is 9.86. The molecule has 0 saturated heterocycles. The Labute approximate surface area is 135 Å². The van der Waals surface area contributed by atoms with Crippen LogP contribution in [0, 0.1) is 0 Å². The molecule has 1 heterocycles. The van der Waals surface area contributed by atoms with Gasteiger partial charge in [-0.3, -0.25) is 9.78 Å². The van der Waals surface area contributed by atoms with Gasteiger partial charge in [0.25, 0.3) is 0 Å². The van der Waals surface area contributed by atoms with Gasteiger partial charge >= 0.3 is 5.97 Å². The summed E-state index contributed by atoms with van der Waals surface area (Å²) >= 11 is 0. The van der Waals surface area contributed by atoms with E-state index in [9.17, 15) is 4.79 Å². The zero-order chi connectivity index (χ0) is 13.7. The largest absolute Gasteiger partial charge is 0.480 e. The number of ether oxygens (including phenoxy) is 1. The molecule has 2 aromatic rings. The number of aliphatic carboxylic acids is 1. The Kier molecular flexibility index (Phi) is 8.38. The zero-order valence-corrected chi connectivity index (χ0v) is 12.6. The van der Waals surface area contributed by atoms with E-state index in [1.807, 2.05) is 0 Å². The first-order valence-corrected chi connectivity index (χ1v) is 5.80. The molecule has 0 bridgehead atoms. The second kappa shape index (κ2) is 9.18. The van der Waals surface area contributed by atoms with E-state index in [1.165, 1.54) is 0 Å². The second-order valence-electron chi connectivity index (χ2n) is 4.08. The first-order valence-electron chi connectivity index (χ1n) is 5.80. The number of aromatic nitrogens is 1. The lowest BCUT2D eigenvalue weighted by Crippen LogP contribution is -2.32. The fourth-order valence-corrected chi connectivity index (χ4v) is 1.58. The van der Waals surface area contributed by atoms with Crippen LogP contribution in [0.25, 0.3) is 0 Å². The van der Waals surface area contributed by atoms with Gasteiger partial charge < -0.3 is 15.6 Å². The Morgan fingerprint density at radius 2 is 1.86 bits per heavy atom. The van der Waals surface area contributed by atoms with Gasteiger partial charge in [-0.25, -0.2) is 0 Å². The highest BCUT2D eigenvalue weighted by Crippen LogP contribution is 2.20. The first kappa shape index (κ1) is 19.2. The van der Waals surface area contributed by atoms with Crippen molar-refractivity contribution in [3.8, 4) is 11.5 Å². The molecule has 1 unspecified atom stereocenters. The van der Waals surface area contributed by atoms with Crippen LogP contribution in [0.3, 0.4) is 0 Å². The van der Waals surface area contributed by atoms with Gasteiger partial charge in [0.1, 0.15) is 17.5 Å².